The van der Waals surface area contributed by atoms with Gasteiger partial charge in [0.05, 0.1) is 17.9 Å². The molecule has 1 atom stereocenters. The fourth-order valence-corrected chi connectivity index (χ4v) is 3.41. The van der Waals surface area contributed by atoms with E-state index in [2.05, 4.69) is 5.32 Å². The molecular weight excluding hydrogens is 406 g/mol. The van der Waals surface area contributed by atoms with Gasteiger partial charge in [-0.15, -0.1) is 0 Å². The monoisotopic (exact) mass is 429 g/mol. The molecule has 0 fully saturated rings. The van der Waals surface area contributed by atoms with Gasteiger partial charge < -0.3 is 19.9 Å². The number of carbonyl (C=O) groups is 3. The Morgan fingerprint density at radius 2 is 2.00 bits per heavy atom. The lowest BCUT2D eigenvalue weighted by Gasteiger charge is -2.29. The first kappa shape index (κ1) is 21.6. The van der Waals surface area contributed by atoms with Gasteiger partial charge in [0.25, 0.3) is 5.91 Å². The number of benzene rings is 2. The molecule has 1 heterocycles. The van der Waals surface area contributed by atoms with Crippen molar-refractivity contribution >= 4 is 40.7 Å². The topological polar surface area (TPSA) is 79.0 Å². The molecule has 8 heteroatoms. The Morgan fingerprint density at radius 3 is 2.73 bits per heavy atom. The smallest absolute Gasteiger partial charge is 0.260 e. The Kier molecular flexibility index (Phi) is 6.62. The molecule has 3 rings (SSSR count). The van der Waals surface area contributed by atoms with Crippen molar-refractivity contribution < 1.29 is 19.1 Å². The Balaban J connectivity index is 1.66. The summed E-state index contributed by atoms with van der Waals surface area (Å²) in [6, 6.07) is 11.9. The highest BCUT2D eigenvalue weighted by molar-refractivity contribution is 6.31. The van der Waals surface area contributed by atoms with Crippen LogP contribution in [0.5, 0.6) is 5.75 Å². The highest BCUT2D eigenvalue weighted by Gasteiger charge is 2.30. The molecule has 0 saturated heterocycles. The van der Waals surface area contributed by atoms with Crippen LogP contribution in [0, 0.1) is 6.92 Å². The summed E-state index contributed by atoms with van der Waals surface area (Å²) in [6.07, 6.45) is 0.178. The van der Waals surface area contributed by atoms with Crippen LogP contribution in [0.3, 0.4) is 0 Å². The van der Waals surface area contributed by atoms with Gasteiger partial charge in [0.2, 0.25) is 11.8 Å². The number of fused-ring (bicyclic) bond motifs is 1. The van der Waals surface area contributed by atoms with Crippen molar-refractivity contribution in [1.82, 2.24) is 4.90 Å². The average molecular weight is 430 g/mol. The van der Waals surface area contributed by atoms with Crippen LogP contribution in [-0.4, -0.2) is 48.9 Å². The van der Waals surface area contributed by atoms with E-state index in [0.29, 0.717) is 22.1 Å². The van der Waals surface area contributed by atoms with E-state index in [1.807, 2.05) is 13.8 Å². The van der Waals surface area contributed by atoms with Gasteiger partial charge in [-0.3, -0.25) is 14.4 Å². The van der Waals surface area contributed by atoms with Crippen LogP contribution in [0.1, 0.15) is 18.9 Å². The molecule has 0 aromatic heterocycles. The maximum atomic E-state index is 13.0. The summed E-state index contributed by atoms with van der Waals surface area (Å²) in [4.78, 5) is 40.5. The normalized spacial score (nSPS) is 15.7. The first-order valence-electron chi connectivity index (χ1n) is 9.60. The molecule has 0 spiro atoms. The molecule has 7 nitrogen and oxygen atoms in total. The Labute approximate surface area is 180 Å². The predicted octanol–water partition coefficient (Wildman–Crippen LogP) is 3.25. The zero-order valence-electron chi connectivity index (χ0n) is 17.1. The minimum Gasteiger partial charge on any atom is -0.484 e. The summed E-state index contributed by atoms with van der Waals surface area (Å²) < 4.78 is 5.53. The molecule has 1 aliphatic heterocycles. The van der Waals surface area contributed by atoms with Gasteiger partial charge in [0, 0.05) is 24.5 Å². The molecule has 2 aromatic carbocycles. The van der Waals surface area contributed by atoms with Crippen molar-refractivity contribution in [2.24, 2.45) is 0 Å². The number of nitrogens with zero attached hydrogens (tertiary/aromatic N) is 2. The van der Waals surface area contributed by atoms with E-state index in [4.69, 9.17) is 16.3 Å². The molecular formula is C22H24ClN3O4. The summed E-state index contributed by atoms with van der Waals surface area (Å²) in [5, 5.41) is 3.44. The number of carbonyl (C=O) groups excluding carboxylic acids is 3. The van der Waals surface area contributed by atoms with Crippen LogP contribution in [0.4, 0.5) is 11.4 Å². The van der Waals surface area contributed by atoms with Gasteiger partial charge in [0.15, 0.2) is 6.61 Å². The zero-order chi connectivity index (χ0) is 21.8. The highest BCUT2D eigenvalue weighted by atomic mass is 35.5. The van der Waals surface area contributed by atoms with E-state index >= 15 is 0 Å². The van der Waals surface area contributed by atoms with Gasteiger partial charge in [-0.25, -0.2) is 0 Å². The van der Waals surface area contributed by atoms with Crippen molar-refractivity contribution in [2.45, 2.75) is 26.3 Å². The van der Waals surface area contributed by atoms with E-state index in [-0.39, 0.29) is 43.3 Å². The van der Waals surface area contributed by atoms with Crippen LogP contribution in [0.2, 0.25) is 5.02 Å². The Hall–Kier alpha value is -3.06. The van der Waals surface area contributed by atoms with Crippen LogP contribution < -0.4 is 15.0 Å². The minimum absolute atomic E-state index is 0.130. The van der Waals surface area contributed by atoms with Crippen LogP contribution in [0.15, 0.2) is 42.5 Å². The fraction of sp³-hybridized carbons (Fsp3) is 0.318. The quantitative estimate of drug-likeness (QED) is 0.791. The van der Waals surface area contributed by atoms with Gasteiger partial charge in [-0.05, 0) is 49.7 Å². The molecule has 0 bridgehead atoms. The predicted molar refractivity (Wildman–Crippen MR) is 116 cm³/mol. The maximum absolute atomic E-state index is 13.0. The number of rotatable bonds is 5. The summed E-state index contributed by atoms with van der Waals surface area (Å²) in [5.41, 5.74) is 2.05. The number of para-hydroxylation sites is 2. The van der Waals surface area contributed by atoms with E-state index in [1.165, 1.54) is 4.90 Å². The molecule has 0 aliphatic carbocycles. The second kappa shape index (κ2) is 9.17. The first-order valence-corrected chi connectivity index (χ1v) is 9.98. The van der Waals surface area contributed by atoms with Crippen LogP contribution in [0.25, 0.3) is 0 Å². The third-order valence-corrected chi connectivity index (χ3v) is 5.34. The summed E-state index contributed by atoms with van der Waals surface area (Å²) in [6.45, 7) is 3.33. The van der Waals surface area contributed by atoms with Gasteiger partial charge >= 0.3 is 0 Å². The van der Waals surface area contributed by atoms with Gasteiger partial charge in [-0.1, -0.05) is 23.7 Å². The lowest BCUT2D eigenvalue weighted by molar-refractivity contribution is -0.135. The Bertz CT molecular complexity index is 979. The van der Waals surface area contributed by atoms with E-state index in [1.54, 1.807) is 54.4 Å². The Morgan fingerprint density at radius 1 is 1.27 bits per heavy atom. The first-order chi connectivity index (χ1) is 14.3. The second-order valence-corrected chi connectivity index (χ2v) is 7.74. The number of ether oxygens (including phenoxy) is 1. The summed E-state index contributed by atoms with van der Waals surface area (Å²) in [7, 11) is 1.55. The van der Waals surface area contributed by atoms with Crippen LogP contribution in [-0.2, 0) is 14.4 Å². The van der Waals surface area contributed by atoms with Gasteiger partial charge in [-0.2, -0.15) is 0 Å². The number of hydrogen-bond acceptors (Lipinski definition) is 4. The molecule has 0 saturated carbocycles. The zero-order valence-corrected chi connectivity index (χ0v) is 17.9. The highest BCUT2D eigenvalue weighted by Crippen LogP contribution is 2.31. The number of likely N-dealkylation sites (N-methyl/N-ethyl adjacent to an activating group) is 1. The van der Waals surface area contributed by atoms with Crippen molar-refractivity contribution in [3.8, 4) is 5.75 Å². The third-order valence-electron chi connectivity index (χ3n) is 4.92. The van der Waals surface area contributed by atoms with E-state index in [0.717, 1.165) is 5.56 Å². The molecule has 3 amide bonds. The van der Waals surface area contributed by atoms with Crippen molar-refractivity contribution in [1.29, 1.82) is 0 Å². The van der Waals surface area contributed by atoms with E-state index in [9.17, 15) is 14.4 Å². The van der Waals surface area contributed by atoms with Crippen molar-refractivity contribution in [3.63, 3.8) is 0 Å². The largest absolute Gasteiger partial charge is 0.484 e. The minimum atomic E-state index is -0.335. The number of nitrogens with one attached hydrogen (secondary N) is 1. The third kappa shape index (κ3) is 4.91. The van der Waals surface area contributed by atoms with E-state index < -0.39 is 0 Å². The lowest BCUT2D eigenvalue weighted by atomic mass is 10.1. The molecule has 1 aliphatic rings. The van der Waals surface area contributed by atoms with Crippen molar-refractivity contribution in [2.75, 3.05) is 30.4 Å². The standard InChI is InChI=1S/C22H24ClN3O4/c1-14-10-16(8-9-17(14)23)30-13-22(29)25(3)12-21(28)26-15(2)11-20(27)24-18-6-4-5-7-19(18)26/h4-10,15H,11-13H2,1-3H3,(H,24,27)/t15-/m1/s1. The second-order valence-electron chi connectivity index (χ2n) is 7.33. The lowest BCUT2D eigenvalue weighted by Crippen LogP contribution is -2.46. The fourth-order valence-electron chi connectivity index (χ4n) is 3.30. The number of anilines is 2. The summed E-state index contributed by atoms with van der Waals surface area (Å²) in [5.74, 6) is -0.225. The van der Waals surface area contributed by atoms with Gasteiger partial charge in [0.1, 0.15) is 5.75 Å². The molecule has 158 valence electrons. The molecule has 1 N–H and O–H groups in total. The maximum Gasteiger partial charge on any atom is 0.260 e. The molecule has 2 aromatic rings. The van der Waals surface area contributed by atoms with Crippen LogP contribution >= 0.6 is 11.6 Å². The molecule has 0 unspecified atom stereocenters. The number of aryl methyl sites for hydroxylation is 1. The molecule has 0 radical (unpaired) electrons. The molecule has 30 heavy (non-hydrogen) atoms. The summed E-state index contributed by atoms with van der Waals surface area (Å²) >= 11 is 5.99. The van der Waals surface area contributed by atoms with Crippen molar-refractivity contribution in [3.05, 3.63) is 53.1 Å². The number of amides is 3. The number of halogens is 1. The average Bonchev–Trinajstić information content (AvgIpc) is 2.82. The number of hydrogen-bond donors (Lipinski definition) is 1. The SMILES string of the molecule is Cc1cc(OCC(=O)N(C)CC(=O)N2c3ccccc3NC(=O)C[C@H]2C)ccc1Cl.